The maximum Gasteiger partial charge on any atom is 0.282 e. The second-order valence-corrected chi connectivity index (χ2v) is 6.10. The largest absolute Gasteiger partial charge is 0.330 e. The summed E-state index contributed by atoms with van der Waals surface area (Å²) in [6.45, 7) is 4.03. The zero-order valence-corrected chi connectivity index (χ0v) is 13.8. The first-order chi connectivity index (χ1) is 10.1. The summed E-state index contributed by atoms with van der Waals surface area (Å²) in [5.74, 6) is 0.0101. The van der Waals surface area contributed by atoms with E-state index in [1.54, 1.807) is 0 Å². The number of anilines is 1. The Bertz CT molecular complexity index is 601. The Balaban J connectivity index is 1.93. The van der Waals surface area contributed by atoms with E-state index < -0.39 is 0 Å². The standard InChI is InChI=1S/C17H19BrN2O/c1-12(14-7-4-3-5-8-14)19-13(2)17(21)20-16-10-6-9-15(18)11-16/h3-13,19H,1-2H3,(H,20,21)/p+1/t12-,13-/m0/s1. The highest BCUT2D eigenvalue weighted by atomic mass is 79.9. The van der Waals surface area contributed by atoms with Gasteiger partial charge in [-0.3, -0.25) is 4.79 Å². The van der Waals surface area contributed by atoms with E-state index in [9.17, 15) is 4.79 Å². The minimum Gasteiger partial charge on any atom is -0.330 e. The number of hydrogen-bond acceptors (Lipinski definition) is 1. The fraction of sp³-hybridized carbons (Fsp3) is 0.235. The summed E-state index contributed by atoms with van der Waals surface area (Å²) in [5, 5.41) is 5.01. The lowest BCUT2D eigenvalue weighted by Gasteiger charge is -2.17. The summed E-state index contributed by atoms with van der Waals surface area (Å²) in [5.41, 5.74) is 2.03. The van der Waals surface area contributed by atoms with Gasteiger partial charge in [-0.25, -0.2) is 0 Å². The molecule has 2 rings (SSSR count). The maximum absolute atomic E-state index is 12.2. The number of halogens is 1. The molecule has 2 atom stereocenters. The van der Waals surface area contributed by atoms with Crippen LogP contribution in [-0.4, -0.2) is 11.9 Å². The van der Waals surface area contributed by atoms with Crippen LogP contribution in [0, 0.1) is 0 Å². The summed E-state index contributed by atoms with van der Waals surface area (Å²) in [4.78, 5) is 12.2. The summed E-state index contributed by atoms with van der Waals surface area (Å²) in [6.07, 6.45) is 0. The highest BCUT2D eigenvalue weighted by Gasteiger charge is 2.20. The van der Waals surface area contributed by atoms with Crippen molar-refractivity contribution in [2.75, 3.05) is 5.32 Å². The SMILES string of the molecule is C[C@H]([NH2+][C@@H](C)c1ccccc1)C(=O)Nc1cccc(Br)c1. The van der Waals surface area contributed by atoms with Crippen molar-refractivity contribution < 1.29 is 10.1 Å². The predicted molar refractivity (Wildman–Crippen MR) is 89.0 cm³/mol. The third-order valence-corrected chi connectivity index (χ3v) is 3.90. The molecule has 3 N–H and O–H groups in total. The van der Waals surface area contributed by atoms with Crippen molar-refractivity contribution in [3.63, 3.8) is 0 Å². The molecular formula is C17H20BrN2O+. The normalized spacial score (nSPS) is 13.5. The van der Waals surface area contributed by atoms with Gasteiger partial charge in [0.15, 0.2) is 6.04 Å². The number of carbonyl (C=O) groups is 1. The third-order valence-electron chi connectivity index (χ3n) is 3.41. The van der Waals surface area contributed by atoms with E-state index in [4.69, 9.17) is 0 Å². The van der Waals surface area contributed by atoms with E-state index in [-0.39, 0.29) is 18.0 Å². The Hall–Kier alpha value is -1.65. The second-order valence-electron chi connectivity index (χ2n) is 5.18. The van der Waals surface area contributed by atoms with Crippen molar-refractivity contribution in [1.29, 1.82) is 0 Å². The molecule has 0 unspecified atom stereocenters. The summed E-state index contributed by atoms with van der Waals surface area (Å²) < 4.78 is 0.953. The van der Waals surface area contributed by atoms with E-state index in [2.05, 4.69) is 45.6 Å². The fourth-order valence-electron chi connectivity index (χ4n) is 2.21. The van der Waals surface area contributed by atoms with Gasteiger partial charge in [0.05, 0.1) is 0 Å². The minimum atomic E-state index is -0.154. The summed E-state index contributed by atoms with van der Waals surface area (Å²) in [7, 11) is 0. The molecule has 0 radical (unpaired) electrons. The average Bonchev–Trinajstić information content (AvgIpc) is 2.48. The molecule has 0 aromatic heterocycles. The first-order valence-corrected chi connectivity index (χ1v) is 7.82. The zero-order valence-electron chi connectivity index (χ0n) is 12.2. The van der Waals surface area contributed by atoms with Gasteiger partial charge in [0.25, 0.3) is 5.91 Å². The van der Waals surface area contributed by atoms with Crippen molar-refractivity contribution in [1.82, 2.24) is 0 Å². The zero-order chi connectivity index (χ0) is 15.2. The van der Waals surface area contributed by atoms with Crippen LogP contribution in [0.3, 0.4) is 0 Å². The minimum absolute atomic E-state index is 0.0101. The quantitative estimate of drug-likeness (QED) is 0.857. The van der Waals surface area contributed by atoms with Gasteiger partial charge >= 0.3 is 0 Å². The summed E-state index contributed by atoms with van der Waals surface area (Å²) in [6, 6.07) is 17.9. The predicted octanol–water partition coefficient (Wildman–Crippen LogP) is 3.10. The molecule has 0 heterocycles. The second kappa shape index (κ2) is 7.38. The van der Waals surface area contributed by atoms with Gasteiger partial charge in [-0.05, 0) is 32.0 Å². The average molecular weight is 348 g/mol. The maximum atomic E-state index is 12.2. The highest BCUT2D eigenvalue weighted by Crippen LogP contribution is 2.15. The summed E-state index contributed by atoms with van der Waals surface area (Å²) >= 11 is 3.40. The molecule has 21 heavy (non-hydrogen) atoms. The fourth-order valence-corrected chi connectivity index (χ4v) is 2.61. The number of rotatable bonds is 5. The molecule has 0 aliphatic rings. The molecule has 0 aliphatic heterocycles. The lowest BCUT2D eigenvalue weighted by Crippen LogP contribution is -2.91. The first-order valence-electron chi connectivity index (χ1n) is 7.02. The van der Waals surface area contributed by atoms with Crippen LogP contribution in [0.5, 0.6) is 0 Å². The van der Waals surface area contributed by atoms with Crippen molar-refractivity contribution in [3.05, 3.63) is 64.6 Å². The van der Waals surface area contributed by atoms with Crippen LogP contribution in [0.1, 0.15) is 25.5 Å². The van der Waals surface area contributed by atoms with Crippen molar-refractivity contribution >= 4 is 27.5 Å². The Morgan fingerprint density at radius 2 is 1.81 bits per heavy atom. The monoisotopic (exact) mass is 347 g/mol. The molecule has 0 spiro atoms. The Morgan fingerprint density at radius 1 is 1.10 bits per heavy atom. The van der Waals surface area contributed by atoms with Crippen LogP contribution in [-0.2, 0) is 4.79 Å². The number of nitrogens with one attached hydrogen (secondary N) is 1. The van der Waals surface area contributed by atoms with Crippen LogP contribution in [0.2, 0.25) is 0 Å². The molecule has 1 amide bonds. The number of nitrogens with two attached hydrogens (primary N) is 1. The number of carbonyl (C=O) groups excluding carboxylic acids is 1. The first kappa shape index (κ1) is 15.7. The molecule has 0 aliphatic carbocycles. The highest BCUT2D eigenvalue weighted by molar-refractivity contribution is 9.10. The Kier molecular flexibility index (Phi) is 5.53. The molecule has 2 aromatic carbocycles. The lowest BCUT2D eigenvalue weighted by atomic mass is 10.1. The molecule has 3 nitrogen and oxygen atoms in total. The van der Waals surface area contributed by atoms with Gasteiger partial charge in [-0.15, -0.1) is 0 Å². The van der Waals surface area contributed by atoms with Gasteiger partial charge in [0.1, 0.15) is 6.04 Å². The molecule has 0 fully saturated rings. The van der Waals surface area contributed by atoms with Crippen molar-refractivity contribution in [2.45, 2.75) is 25.9 Å². The van der Waals surface area contributed by atoms with Crippen LogP contribution in [0.15, 0.2) is 59.1 Å². The van der Waals surface area contributed by atoms with Crippen LogP contribution in [0.4, 0.5) is 5.69 Å². The molecule has 0 bridgehead atoms. The van der Waals surface area contributed by atoms with Crippen LogP contribution >= 0.6 is 15.9 Å². The van der Waals surface area contributed by atoms with E-state index in [0.717, 1.165) is 10.2 Å². The number of quaternary nitrogens is 1. The smallest absolute Gasteiger partial charge is 0.282 e. The Labute approximate surface area is 133 Å². The van der Waals surface area contributed by atoms with Gasteiger partial charge in [-0.2, -0.15) is 0 Å². The van der Waals surface area contributed by atoms with Gasteiger partial charge in [0, 0.05) is 15.7 Å². The molecule has 110 valence electrons. The van der Waals surface area contributed by atoms with Crippen LogP contribution < -0.4 is 10.6 Å². The molecule has 0 saturated heterocycles. The van der Waals surface area contributed by atoms with Crippen molar-refractivity contribution in [3.8, 4) is 0 Å². The van der Waals surface area contributed by atoms with E-state index in [1.807, 2.05) is 49.4 Å². The van der Waals surface area contributed by atoms with E-state index in [1.165, 1.54) is 5.56 Å². The van der Waals surface area contributed by atoms with Crippen molar-refractivity contribution in [2.24, 2.45) is 0 Å². The lowest BCUT2D eigenvalue weighted by molar-refractivity contribution is -0.709. The molecule has 4 heteroatoms. The van der Waals surface area contributed by atoms with Gasteiger partial charge in [0.2, 0.25) is 0 Å². The molecule has 0 saturated carbocycles. The van der Waals surface area contributed by atoms with Gasteiger partial charge < -0.3 is 10.6 Å². The molecule has 2 aromatic rings. The Morgan fingerprint density at radius 3 is 2.48 bits per heavy atom. The van der Waals surface area contributed by atoms with Crippen LogP contribution in [0.25, 0.3) is 0 Å². The number of benzene rings is 2. The van der Waals surface area contributed by atoms with E-state index in [0.29, 0.717) is 0 Å². The van der Waals surface area contributed by atoms with E-state index >= 15 is 0 Å². The van der Waals surface area contributed by atoms with Gasteiger partial charge in [-0.1, -0.05) is 52.3 Å². The molecular weight excluding hydrogens is 328 g/mol. The topological polar surface area (TPSA) is 45.7 Å². The third kappa shape index (κ3) is 4.69. The number of hydrogen-bond donors (Lipinski definition) is 2. The number of amides is 1.